The Balaban J connectivity index is 1.31. The highest BCUT2D eigenvalue weighted by atomic mass is 16.5. The van der Waals surface area contributed by atoms with Gasteiger partial charge in [-0.2, -0.15) is 0 Å². The van der Waals surface area contributed by atoms with Gasteiger partial charge in [-0.05, 0) is 62.2 Å². The Labute approximate surface area is 191 Å². The SMILES string of the molecule is CCOc1ccc(N2C(=O)c3ccc(C(=O)NCc4cn5c(n4)CCCC5)cc3C2=O)cc1. The molecule has 3 aromatic rings. The molecular formula is C25H24N4O4. The summed E-state index contributed by atoms with van der Waals surface area (Å²) in [4.78, 5) is 44.3. The van der Waals surface area contributed by atoms with Gasteiger partial charge in [0.1, 0.15) is 11.6 Å². The van der Waals surface area contributed by atoms with E-state index >= 15 is 0 Å². The van der Waals surface area contributed by atoms with Crippen LogP contribution in [0.4, 0.5) is 5.69 Å². The van der Waals surface area contributed by atoms with Crippen molar-refractivity contribution in [2.24, 2.45) is 0 Å². The second kappa shape index (κ2) is 8.54. The molecule has 0 radical (unpaired) electrons. The Hall–Kier alpha value is -3.94. The smallest absolute Gasteiger partial charge is 0.266 e. The van der Waals surface area contributed by atoms with Gasteiger partial charge in [0.05, 0.1) is 35.7 Å². The number of ether oxygens (including phenoxy) is 1. The molecule has 3 amide bonds. The van der Waals surface area contributed by atoms with E-state index in [1.165, 1.54) is 12.1 Å². The summed E-state index contributed by atoms with van der Waals surface area (Å²) in [6.45, 7) is 3.68. The molecule has 8 heteroatoms. The summed E-state index contributed by atoms with van der Waals surface area (Å²) >= 11 is 0. The monoisotopic (exact) mass is 444 g/mol. The number of hydrogen-bond acceptors (Lipinski definition) is 5. The largest absolute Gasteiger partial charge is 0.494 e. The number of benzene rings is 2. The first kappa shape index (κ1) is 20.9. The topological polar surface area (TPSA) is 93.5 Å². The summed E-state index contributed by atoms with van der Waals surface area (Å²) in [6, 6.07) is 11.4. The minimum atomic E-state index is -0.449. The van der Waals surface area contributed by atoms with Crippen molar-refractivity contribution in [3.05, 3.63) is 76.9 Å². The summed E-state index contributed by atoms with van der Waals surface area (Å²) in [5.74, 6) is 0.547. The number of aromatic nitrogens is 2. The maximum atomic E-state index is 13.0. The van der Waals surface area contributed by atoms with Crippen LogP contribution in [0.25, 0.3) is 0 Å². The predicted molar refractivity (Wildman–Crippen MR) is 122 cm³/mol. The molecule has 0 saturated heterocycles. The summed E-state index contributed by atoms with van der Waals surface area (Å²) < 4.78 is 7.56. The molecule has 2 aliphatic rings. The van der Waals surface area contributed by atoms with Crippen LogP contribution in [0, 0.1) is 0 Å². The number of hydrogen-bond donors (Lipinski definition) is 1. The number of imidazole rings is 1. The van der Waals surface area contributed by atoms with E-state index in [4.69, 9.17) is 4.74 Å². The lowest BCUT2D eigenvalue weighted by Gasteiger charge is -2.14. The first-order chi connectivity index (χ1) is 16.0. The Morgan fingerprint density at radius 2 is 1.85 bits per heavy atom. The molecule has 1 aromatic heterocycles. The molecule has 168 valence electrons. The molecule has 0 unspecified atom stereocenters. The molecular weight excluding hydrogens is 420 g/mol. The van der Waals surface area contributed by atoms with Crippen molar-refractivity contribution in [1.82, 2.24) is 14.9 Å². The van der Waals surface area contributed by atoms with Gasteiger partial charge in [0.25, 0.3) is 17.7 Å². The van der Waals surface area contributed by atoms with Gasteiger partial charge in [-0.25, -0.2) is 9.88 Å². The van der Waals surface area contributed by atoms with Gasteiger partial charge in [-0.3, -0.25) is 14.4 Å². The van der Waals surface area contributed by atoms with Gasteiger partial charge in [0.2, 0.25) is 0 Å². The van der Waals surface area contributed by atoms with Gasteiger partial charge < -0.3 is 14.6 Å². The second-order valence-electron chi connectivity index (χ2n) is 8.11. The van der Waals surface area contributed by atoms with Gasteiger partial charge in [0, 0.05) is 24.7 Å². The van der Waals surface area contributed by atoms with Crippen molar-refractivity contribution in [3.8, 4) is 5.75 Å². The highest BCUT2D eigenvalue weighted by Crippen LogP contribution is 2.30. The first-order valence-electron chi connectivity index (χ1n) is 11.1. The van der Waals surface area contributed by atoms with Crippen molar-refractivity contribution in [1.29, 1.82) is 0 Å². The number of amides is 3. The normalized spacial score (nSPS) is 14.8. The van der Waals surface area contributed by atoms with E-state index in [-0.39, 0.29) is 17.0 Å². The number of imide groups is 1. The Bertz CT molecular complexity index is 1220. The number of nitrogens with one attached hydrogen (secondary N) is 1. The number of anilines is 1. The molecule has 0 atom stereocenters. The fraction of sp³-hybridized carbons (Fsp3) is 0.280. The van der Waals surface area contributed by atoms with Crippen molar-refractivity contribution in [2.45, 2.75) is 39.3 Å². The molecule has 33 heavy (non-hydrogen) atoms. The average Bonchev–Trinajstić information content (AvgIpc) is 3.36. The fourth-order valence-corrected chi connectivity index (χ4v) is 4.30. The summed E-state index contributed by atoms with van der Waals surface area (Å²) in [5, 5.41) is 2.86. The Morgan fingerprint density at radius 3 is 2.61 bits per heavy atom. The maximum Gasteiger partial charge on any atom is 0.266 e. The zero-order valence-corrected chi connectivity index (χ0v) is 18.3. The third-order valence-corrected chi connectivity index (χ3v) is 5.94. The Morgan fingerprint density at radius 1 is 1.06 bits per heavy atom. The summed E-state index contributed by atoms with van der Waals surface area (Å²) in [6.07, 6.45) is 5.22. The predicted octanol–water partition coefficient (Wildman–Crippen LogP) is 3.35. The lowest BCUT2D eigenvalue weighted by molar-refractivity contribution is 0.0923. The van der Waals surface area contributed by atoms with Crippen molar-refractivity contribution < 1.29 is 19.1 Å². The summed E-state index contributed by atoms with van der Waals surface area (Å²) in [7, 11) is 0. The van der Waals surface area contributed by atoms with E-state index in [0.717, 1.165) is 42.2 Å². The van der Waals surface area contributed by atoms with Crippen LogP contribution < -0.4 is 15.0 Å². The second-order valence-corrected chi connectivity index (χ2v) is 8.11. The molecule has 0 aliphatic carbocycles. The van der Waals surface area contributed by atoms with Crippen LogP contribution in [-0.2, 0) is 19.5 Å². The molecule has 0 spiro atoms. The third-order valence-electron chi connectivity index (χ3n) is 5.94. The van der Waals surface area contributed by atoms with Crippen molar-refractivity contribution in [2.75, 3.05) is 11.5 Å². The number of carbonyl (C=O) groups is 3. The van der Waals surface area contributed by atoms with Crippen LogP contribution in [0.15, 0.2) is 48.7 Å². The number of carbonyl (C=O) groups excluding carboxylic acids is 3. The van der Waals surface area contributed by atoms with Crippen LogP contribution in [0.2, 0.25) is 0 Å². The summed E-state index contributed by atoms with van der Waals surface area (Å²) in [5.41, 5.74) is 2.10. The first-order valence-corrected chi connectivity index (χ1v) is 11.1. The minimum absolute atomic E-state index is 0.221. The van der Waals surface area contributed by atoms with Gasteiger partial charge in [-0.1, -0.05) is 0 Å². The number of rotatable bonds is 6. The van der Waals surface area contributed by atoms with Crippen LogP contribution in [0.3, 0.4) is 0 Å². The van der Waals surface area contributed by atoms with E-state index in [1.807, 2.05) is 13.1 Å². The highest BCUT2D eigenvalue weighted by molar-refractivity contribution is 6.34. The van der Waals surface area contributed by atoms with Gasteiger partial charge in [0.15, 0.2) is 0 Å². The average molecular weight is 444 g/mol. The number of aryl methyl sites for hydroxylation is 2. The zero-order valence-electron chi connectivity index (χ0n) is 18.3. The lowest BCUT2D eigenvalue weighted by Crippen LogP contribution is -2.29. The van der Waals surface area contributed by atoms with Crippen molar-refractivity contribution >= 4 is 23.4 Å². The van der Waals surface area contributed by atoms with Crippen LogP contribution in [-0.4, -0.2) is 33.9 Å². The molecule has 0 fully saturated rings. The van der Waals surface area contributed by atoms with E-state index in [0.29, 0.717) is 30.2 Å². The molecule has 8 nitrogen and oxygen atoms in total. The van der Waals surface area contributed by atoms with E-state index in [9.17, 15) is 14.4 Å². The van der Waals surface area contributed by atoms with Crippen LogP contribution in [0.1, 0.15) is 62.4 Å². The van der Waals surface area contributed by atoms with E-state index in [2.05, 4.69) is 14.9 Å². The standard InChI is InChI=1S/C25H24N4O4/c1-2-33-19-9-7-18(8-10-19)29-24(31)20-11-6-16(13-21(20)25(29)32)23(30)26-14-17-15-28-12-4-3-5-22(28)27-17/h6-11,13,15H,2-5,12,14H2,1H3,(H,26,30). The molecule has 2 aromatic carbocycles. The fourth-order valence-electron chi connectivity index (χ4n) is 4.30. The van der Waals surface area contributed by atoms with Crippen molar-refractivity contribution in [3.63, 3.8) is 0 Å². The number of fused-ring (bicyclic) bond motifs is 2. The maximum absolute atomic E-state index is 13.0. The zero-order chi connectivity index (χ0) is 22.9. The van der Waals surface area contributed by atoms with Crippen LogP contribution in [0.5, 0.6) is 5.75 Å². The van der Waals surface area contributed by atoms with Gasteiger partial charge >= 0.3 is 0 Å². The molecule has 0 bridgehead atoms. The Kier molecular flexibility index (Phi) is 5.42. The molecule has 3 heterocycles. The molecule has 1 N–H and O–H groups in total. The quantitative estimate of drug-likeness (QED) is 0.589. The highest BCUT2D eigenvalue weighted by Gasteiger charge is 2.37. The number of nitrogens with zero attached hydrogens (tertiary/aromatic N) is 3. The lowest BCUT2D eigenvalue weighted by atomic mass is 10.1. The molecule has 0 saturated carbocycles. The third kappa shape index (κ3) is 3.88. The van der Waals surface area contributed by atoms with Crippen LogP contribution >= 0.6 is 0 Å². The van der Waals surface area contributed by atoms with Gasteiger partial charge in [-0.15, -0.1) is 0 Å². The van der Waals surface area contributed by atoms with E-state index in [1.54, 1.807) is 30.3 Å². The molecule has 5 rings (SSSR count). The molecule has 2 aliphatic heterocycles. The minimum Gasteiger partial charge on any atom is -0.494 e. The van der Waals surface area contributed by atoms with E-state index < -0.39 is 11.8 Å².